The Balaban J connectivity index is 0.000000192. The molecule has 0 heterocycles. The number of benzene rings is 8. The van der Waals surface area contributed by atoms with Crippen LogP contribution in [0.15, 0.2) is 188 Å². The van der Waals surface area contributed by atoms with E-state index >= 15 is 0 Å². The van der Waals surface area contributed by atoms with Crippen molar-refractivity contribution in [3.05, 3.63) is 216 Å². The van der Waals surface area contributed by atoms with Gasteiger partial charge < -0.3 is 19.4 Å². The number of fused-ring (bicyclic) bond motifs is 2. The third-order valence-corrected chi connectivity index (χ3v) is 12.2. The molecule has 0 saturated heterocycles. The first-order valence-corrected chi connectivity index (χ1v) is 22.6. The summed E-state index contributed by atoms with van der Waals surface area (Å²) in [5, 5.41) is 4.74. The van der Waals surface area contributed by atoms with E-state index in [1.54, 1.807) is 6.92 Å². The molecule has 0 unspecified atom stereocenters. The lowest BCUT2D eigenvalue weighted by molar-refractivity contribution is -0.130. The lowest BCUT2D eigenvalue weighted by Gasteiger charge is -2.27. The summed E-state index contributed by atoms with van der Waals surface area (Å²) in [4.78, 5) is 18.9. The molecule has 0 aliphatic carbocycles. The Morgan fingerprint density at radius 3 is 1.31 bits per heavy atom. The van der Waals surface area contributed by atoms with Gasteiger partial charge in [-0.3, -0.25) is 0 Å². The van der Waals surface area contributed by atoms with Crippen molar-refractivity contribution in [2.24, 2.45) is 0 Å². The SMILES string of the molecule is C=C(C)C(=O)Oc1ccc(N(c2ccc3ccccc3c2)c2ccc3ccccc3c2)cc1.CCN(CC)c1ccc(C(c2ccccc2)c2ccc(N(CC)CC)cc2C)c(C)c1. The molecule has 0 fully saturated rings. The van der Waals surface area contributed by atoms with Crippen LogP contribution in [-0.4, -0.2) is 32.1 Å². The molecule has 0 spiro atoms. The van der Waals surface area contributed by atoms with Crippen molar-refractivity contribution in [1.29, 1.82) is 0 Å². The van der Waals surface area contributed by atoms with E-state index < -0.39 is 5.97 Å². The Hall–Kier alpha value is -7.11. The lowest BCUT2D eigenvalue weighted by atomic mass is 9.81. The van der Waals surface area contributed by atoms with E-state index in [9.17, 15) is 4.79 Å². The summed E-state index contributed by atoms with van der Waals surface area (Å²) in [5.41, 5.74) is 12.9. The van der Waals surface area contributed by atoms with Crippen molar-refractivity contribution in [2.75, 3.05) is 40.9 Å². The van der Waals surface area contributed by atoms with E-state index in [2.05, 4.69) is 202 Å². The van der Waals surface area contributed by atoms with Gasteiger partial charge in [0.25, 0.3) is 0 Å². The number of aryl methyl sites for hydroxylation is 2. The number of hydrogen-bond acceptors (Lipinski definition) is 5. The molecule has 0 atom stereocenters. The van der Waals surface area contributed by atoms with Gasteiger partial charge in [-0.25, -0.2) is 4.79 Å². The zero-order valence-electron chi connectivity index (χ0n) is 38.5. The molecule has 0 radical (unpaired) electrons. The molecule has 0 saturated carbocycles. The standard InChI is InChI=1S/C30H23NO2.C29H38N2/c1-21(2)30(32)33-29-17-15-26(16-18-29)31(27-13-11-22-7-3-5-9-24(22)19-27)28-14-12-23-8-4-6-10-25(23)20-28;1-7-30(8-2)25-16-18-27(22(5)20-25)29(24-14-12-11-13-15-24)28-19-17-26(21-23(28)6)31(9-3)10-4/h3-20H,1H2,2H3;11-21,29H,7-10H2,1-6H3. The molecule has 0 bridgehead atoms. The molecule has 8 aromatic rings. The van der Waals surface area contributed by atoms with Crippen LogP contribution in [0.5, 0.6) is 5.75 Å². The van der Waals surface area contributed by atoms with Crippen molar-refractivity contribution in [3.63, 3.8) is 0 Å². The fraction of sp³-hybridized carbons (Fsp3) is 0.203. The van der Waals surface area contributed by atoms with Gasteiger partial charge in [-0.1, -0.05) is 110 Å². The second-order valence-corrected chi connectivity index (χ2v) is 16.3. The van der Waals surface area contributed by atoms with E-state index in [1.807, 2.05) is 36.4 Å². The van der Waals surface area contributed by atoms with Crippen molar-refractivity contribution in [2.45, 2.75) is 54.4 Å². The van der Waals surface area contributed by atoms with E-state index in [4.69, 9.17) is 4.74 Å². The first-order valence-electron chi connectivity index (χ1n) is 22.6. The highest BCUT2D eigenvalue weighted by molar-refractivity contribution is 5.93. The normalized spacial score (nSPS) is 10.9. The summed E-state index contributed by atoms with van der Waals surface area (Å²) < 4.78 is 5.38. The number of carbonyl (C=O) groups is 1. The summed E-state index contributed by atoms with van der Waals surface area (Å²) in [6.07, 6.45) is 0. The number of ether oxygens (including phenoxy) is 1. The smallest absolute Gasteiger partial charge is 0.338 e. The zero-order valence-corrected chi connectivity index (χ0v) is 38.5. The highest BCUT2D eigenvalue weighted by Crippen LogP contribution is 2.40. The maximum Gasteiger partial charge on any atom is 0.338 e. The lowest BCUT2D eigenvalue weighted by Crippen LogP contribution is -2.22. The molecule has 5 nitrogen and oxygen atoms in total. The Bertz CT molecular complexity index is 2700. The molecule has 64 heavy (non-hydrogen) atoms. The number of rotatable bonds is 14. The Kier molecular flexibility index (Phi) is 14.6. The monoisotopic (exact) mass is 843 g/mol. The Morgan fingerprint density at radius 1 is 0.484 bits per heavy atom. The van der Waals surface area contributed by atoms with Gasteiger partial charge in [0, 0.05) is 66.1 Å². The summed E-state index contributed by atoms with van der Waals surface area (Å²) >= 11 is 0. The van der Waals surface area contributed by atoms with Crippen LogP contribution in [0.25, 0.3) is 21.5 Å². The molecule has 0 aliphatic rings. The van der Waals surface area contributed by atoms with E-state index in [0.717, 1.165) is 43.2 Å². The summed E-state index contributed by atoms with van der Waals surface area (Å²) in [6.45, 7) is 22.8. The number of carbonyl (C=O) groups excluding carboxylic acids is 1. The summed E-state index contributed by atoms with van der Waals surface area (Å²) in [5.74, 6) is 0.296. The fourth-order valence-corrected chi connectivity index (χ4v) is 8.65. The molecule has 324 valence electrons. The fourth-order valence-electron chi connectivity index (χ4n) is 8.65. The molecule has 0 amide bonds. The van der Waals surface area contributed by atoms with Crippen LogP contribution in [0.1, 0.15) is 68.4 Å². The van der Waals surface area contributed by atoms with Crippen molar-refractivity contribution >= 4 is 56.0 Å². The first-order chi connectivity index (χ1) is 31.1. The van der Waals surface area contributed by atoms with Gasteiger partial charge in [0.15, 0.2) is 0 Å². The highest BCUT2D eigenvalue weighted by Gasteiger charge is 2.22. The Morgan fingerprint density at radius 2 is 0.891 bits per heavy atom. The Labute approximate surface area is 380 Å². The van der Waals surface area contributed by atoms with Crippen LogP contribution in [-0.2, 0) is 4.79 Å². The van der Waals surface area contributed by atoms with Crippen LogP contribution in [0.3, 0.4) is 0 Å². The number of nitrogens with zero attached hydrogens (tertiary/aromatic N) is 3. The minimum Gasteiger partial charge on any atom is -0.423 e. The number of hydrogen-bond donors (Lipinski definition) is 0. The van der Waals surface area contributed by atoms with E-state index in [-0.39, 0.29) is 5.92 Å². The minimum atomic E-state index is -0.427. The highest BCUT2D eigenvalue weighted by atomic mass is 16.5. The van der Waals surface area contributed by atoms with Crippen molar-refractivity contribution in [3.8, 4) is 5.75 Å². The molecule has 8 rings (SSSR count). The molecule has 5 heteroatoms. The first kappa shape index (κ1) is 44.9. The average Bonchev–Trinajstić information content (AvgIpc) is 3.32. The van der Waals surface area contributed by atoms with Crippen LogP contribution in [0.2, 0.25) is 0 Å². The van der Waals surface area contributed by atoms with Gasteiger partial charge in [-0.05, 0) is 171 Å². The molecule has 0 aromatic heterocycles. The molecule has 0 N–H and O–H groups in total. The second-order valence-electron chi connectivity index (χ2n) is 16.3. The topological polar surface area (TPSA) is 36.0 Å². The maximum absolute atomic E-state index is 11.9. The largest absolute Gasteiger partial charge is 0.423 e. The van der Waals surface area contributed by atoms with Crippen LogP contribution in [0, 0.1) is 13.8 Å². The van der Waals surface area contributed by atoms with Gasteiger partial charge in [0.05, 0.1) is 0 Å². The predicted octanol–water partition coefficient (Wildman–Crippen LogP) is 15.1. The summed E-state index contributed by atoms with van der Waals surface area (Å²) in [6, 6.07) is 62.1. The van der Waals surface area contributed by atoms with Gasteiger partial charge in [-0.15, -0.1) is 0 Å². The van der Waals surface area contributed by atoms with Gasteiger partial charge in [0.1, 0.15) is 5.75 Å². The average molecular weight is 844 g/mol. The minimum absolute atomic E-state index is 0.234. The third-order valence-electron chi connectivity index (χ3n) is 12.2. The third kappa shape index (κ3) is 10.2. The number of anilines is 5. The molecular weight excluding hydrogens is 783 g/mol. The maximum atomic E-state index is 11.9. The van der Waals surface area contributed by atoms with Crippen molar-refractivity contribution in [1.82, 2.24) is 0 Å². The molecule has 8 aromatic carbocycles. The van der Waals surface area contributed by atoms with Gasteiger partial charge in [0.2, 0.25) is 0 Å². The number of esters is 1. The van der Waals surface area contributed by atoms with E-state index in [1.165, 1.54) is 60.7 Å². The van der Waals surface area contributed by atoms with E-state index in [0.29, 0.717) is 11.3 Å². The quantitative estimate of drug-likeness (QED) is 0.0472. The molecule has 0 aliphatic heterocycles. The predicted molar refractivity (Wildman–Crippen MR) is 273 cm³/mol. The van der Waals surface area contributed by atoms with Crippen LogP contribution in [0.4, 0.5) is 28.4 Å². The second kappa shape index (κ2) is 20.8. The van der Waals surface area contributed by atoms with Gasteiger partial charge >= 0.3 is 5.97 Å². The van der Waals surface area contributed by atoms with Crippen molar-refractivity contribution < 1.29 is 9.53 Å². The zero-order chi connectivity index (χ0) is 45.2. The summed E-state index contributed by atoms with van der Waals surface area (Å²) in [7, 11) is 0. The van der Waals surface area contributed by atoms with Crippen LogP contribution < -0.4 is 19.4 Å². The van der Waals surface area contributed by atoms with Gasteiger partial charge in [-0.2, -0.15) is 0 Å². The van der Waals surface area contributed by atoms with Crippen LogP contribution >= 0.6 is 0 Å². The molecular formula is C59H61N3O2.